The maximum Gasteiger partial charge on any atom is 0.272 e. The van der Waals surface area contributed by atoms with E-state index in [1.807, 2.05) is 30.3 Å². The molecule has 0 fully saturated rings. The van der Waals surface area contributed by atoms with Gasteiger partial charge in [-0.3, -0.25) is 4.79 Å². The van der Waals surface area contributed by atoms with Crippen molar-refractivity contribution in [2.24, 2.45) is 0 Å². The Morgan fingerprint density at radius 1 is 1.39 bits per heavy atom. The smallest absolute Gasteiger partial charge is 0.272 e. The Morgan fingerprint density at radius 2 is 2.11 bits per heavy atom. The highest BCUT2D eigenvalue weighted by Gasteiger charge is 2.12. The maximum atomic E-state index is 11.8. The summed E-state index contributed by atoms with van der Waals surface area (Å²) in [6, 6.07) is 10.9. The van der Waals surface area contributed by atoms with Gasteiger partial charge in [0, 0.05) is 12.2 Å². The predicted molar refractivity (Wildman–Crippen MR) is 67.6 cm³/mol. The molecule has 0 spiro atoms. The van der Waals surface area contributed by atoms with Gasteiger partial charge in [-0.05, 0) is 25.1 Å². The summed E-state index contributed by atoms with van der Waals surface area (Å²) in [5, 5.41) is 15.7. The minimum absolute atomic E-state index is 0.0921. The van der Waals surface area contributed by atoms with Crippen LogP contribution >= 0.6 is 0 Å². The van der Waals surface area contributed by atoms with E-state index in [2.05, 4.69) is 10.4 Å². The molecule has 0 saturated heterocycles. The second kappa shape index (κ2) is 5.46. The Labute approximate surface area is 105 Å². The highest BCUT2D eigenvalue weighted by Crippen LogP contribution is 2.06. The summed E-state index contributed by atoms with van der Waals surface area (Å²) in [7, 11) is 0. The van der Waals surface area contributed by atoms with Crippen LogP contribution in [0, 0.1) is 0 Å². The SMILES string of the molecule is C[C@H](CO)NC(=O)c1ccn(-c2ccccc2)n1. The number of nitrogens with one attached hydrogen (secondary N) is 1. The van der Waals surface area contributed by atoms with E-state index in [9.17, 15) is 4.79 Å². The van der Waals surface area contributed by atoms with Crippen molar-refractivity contribution in [3.63, 3.8) is 0 Å². The normalized spacial score (nSPS) is 12.1. The number of nitrogens with zero attached hydrogens (tertiary/aromatic N) is 2. The lowest BCUT2D eigenvalue weighted by Gasteiger charge is -2.08. The summed E-state index contributed by atoms with van der Waals surface area (Å²) in [4.78, 5) is 11.8. The number of rotatable bonds is 4. The van der Waals surface area contributed by atoms with Crippen LogP contribution in [-0.2, 0) is 0 Å². The number of carbonyl (C=O) groups excluding carboxylic acids is 1. The van der Waals surface area contributed by atoms with Gasteiger partial charge in [-0.1, -0.05) is 18.2 Å². The lowest BCUT2D eigenvalue weighted by molar-refractivity contribution is 0.0917. The maximum absolute atomic E-state index is 11.8. The molecule has 5 nitrogen and oxygen atoms in total. The van der Waals surface area contributed by atoms with Gasteiger partial charge in [0.15, 0.2) is 5.69 Å². The predicted octanol–water partition coefficient (Wildman–Crippen LogP) is 0.983. The first-order valence-corrected chi connectivity index (χ1v) is 5.73. The zero-order valence-electron chi connectivity index (χ0n) is 10.1. The Bertz CT molecular complexity index is 522. The Balaban J connectivity index is 2.13. The summed E-state index contributed by atoms with van der Waals surface area (Å²) >= 11 is 0. The lowest BCUT2D eigenvalue weighted by Crippen LogP contribution is -2.35. The highest BCUT2D eigenvalue weighted by atomic mass is 16.3. The van der Waals surface area contributed by atoms with Gasteiger partial charge >= 0.3 is 0 Å². The van der Waals surface area contributed by atoms with Gasteiger partial charge in [0.1, 0.15) is 0 Å². The molecular weight excluding hydrogens is 230 g/mol. The van der Waals surface area contributed by atoms with Gasteiger partial charge in [-0.2, -0.15) is 5.10 Å². The van der Waals surface area contributed by atoms with Crippen LogP contribution in [-0.4, -0.2) is 33.4 Å². The van der Waals surface area contributed by atoms with E-state index in [4.69, 9.17) is 5.11 Å². The topological polar surface area (TPSA) is 67.2 Å². The molecule has 0 bridgehead atoms. The van der Waals surface area contributed by atoms with Gasteiger partial charge < -0.3 is 10.4 Å². The molecule has 94 valence electrons. The second-order valence-electron chi connectivity index (χ2n) is 4.04. The quantitative estimate of drug-likeness (QED) is 0.844. The summed E-state index contributed by atoms with van der Waals surface area (Å²) in [6.45, 7) is 1.64. The largest absolute Gasteiger partial charge is 0.394 e. The number of carbonyl (C=O) groups is 1. The molecule has 5 heteroatoms. The molecular formula is C13H15N3O2. The molecule has 0 radical (unpaired) electrons. The fourth-order valence-electron chi connectivity index (χ4n) is 1.51. The van der Waals surface area contributed by atoms with E-state index < -0.39 is 0 Å². The van der Waals surface area contributed by atoms with Gasteiger partial charge in [0.05, 0.1) is 12.3 Å². The summed E-state index contributed by atoms with van der Waals surface area (Å²) < 4.78 is 1.64. The molecule has 0 aliphatic heterocycles. The second-order valence-corrected chi connectivity index (χ2v) is 4.04. The molecule has 1 atom stereocenters. The van der Waals surface area contributed by atoms with E-state index in [-0.39, 0.29) is 18.6 Å². The van der Waals surface area contributed by atoms with Crippen molar-refractivity contribution in [2.75, 3.05) is 6.61 Å². The molecule has 0 unspecified atom stereocenters. The van der Waals surface area contributed by atoms with Crippen LogP contribution in [0.3, 0.4) is 0 Å². The zero-order valence-corrected chi connectivity index (χ0v) is 10.1. The lowest BCUT2D eigenvalue weighted by atomic mass is 10.3. The molecule has 1 amide bonds. The first kappa shape index (κ1) is 12.3. The van der Waals surface area contributed by atoms with Crippen molar-refractivity contribution in [2.45, 2.75) is 13.0 Å². The molecule has 1 aromatic heterocycles. The fourth-order valence-corrected chi connectivity index (χ4v) is 1.51. The zero-order chi connectivity index (χ0) is 13.0. The standard InChI is InChI=1S/C13H15N3O2/c1-10(9-17)14-13(18)12-7-8-16(15-12)11-5-3-2-4-6-11/h2-8,10,17H,9H2,1H3,(H,14,18)/t10-/m1/s1. The number of aliphatic hydroxyl groups is 1. The number of aromatic nitrogens is 2. The number of para-hydroxylation sites is 1. The van der Waals surface area contributed by atoms with Crippen LogP contribution in [0.2, 0.25) is 0 Å². The number of hydrogen-bond acceptors (Lipinski definition) is 3. The summed E-state index contributed by atoms with van der Waals surface area (Å²) in [5.74, 6) is -0.286. The van der Waals surface area contributed by atoms with E-state index in [1.165, 1.54) is 0 Å². The van der Waals surface area contributed by atoms with Crippen molar-refractivity contribution < 1.29 is 9.90 Å². The van der Waals surface area contributed by atoms with Crippen LogP contribution in [0.1, 0.15) is 17.4 Å². The van der Waals surface area contributed by atoms with Gasteiger partial charge in [0.2, 0.25) is 0 Å². The van der Waals surface area contributed by atoms with Crippen LogP contribution < -0.4 is 5.32 Å². The van der Waals surface area contributed by atoms with Crippen LogP contribution in [0.15, 0.2) is 42.6 Å². The van der Waals surface area contributed by atoms with E-state index in [1.54, 1.807) is 23.9 Å². The highest BCUT2D eigenvalue weighted by molar-refractivity contribution is 5.92. The fraction of sp³-hybridized carbons (Fsp3) is 0.231. The summed E-state index contributed by atoms with van der Waals surface area (Å²) in [6.07, 6.45) is 1.73. The molecule has 0 aliphatic rings. The first-order chi connectivity index (χ1) is 8.70. The van der Waals surface area contributed by atoms with Crippen LogP contribution in [0.4, 0.5) is 0 Å². The third-order valence-corrected chi connectivity index (χ3v) is 2.49. The van der Waals surface area contributed by atoms with Crippen molar-refractivity contribution >= 4 is 5.91 Å². The monoisotopic (exact) mass is 245 g/mol. The molecule has 2 rings (SSSR count). The number of benzene rings is 1. The molecule has 2 aromatic rings. The minimum Gasteiger partial charge on any atom is -0.394 e. The molecule has 0 aliphatic carbocycles. The third-order valence-electron chi connectivity index (χ3n) is 2.49. The van der Waals surface area contributed by atoms with E-state index >= 15 is 0 Å². The molecule has 1 aromatic carbocycles. The van der Waals surface area contributed by atoms with E-state index in [0.717, 1.165) is 5.69 Å². The Hall–Kier alpha value is -2.14. The minimum atomic E-state index is -0.286. The number of hydrogen-bond donors (Lipinski definition) is 2. The van der Waals surface area contributed by atoms with Crippen LogP contribution in [0.25, 0.3) is 5.69 Å². The van der Waals surface area contributed by atoms with Crippen molar-refractivity contribution in [1.29, 1.82) is 0 Å². The van der Waals surface area contributed by atoms with Crippen LogP contribution in [0.5, 0.6) is 0 Å². The summed E-state index contributed by atoms with van der Waals surface area (Å²) in [5.41, 5.74) is 1.23. The first-order valence-electron chi connectivity index (χ1n) is 5.73. The van der Waals surface area contributed by atoms with Crippen molar-refractivity contribution in [3.8, 4) is 5.69 Å². The van der Waals surface area contributed by atoms with E-state index in [0.29, 0.717) is 5.69 Å². The third kappa shape index (κ3) is 2.75. The van der Waals surface area contributed by atoms with Crippen molar-refractivity contribution in [1.82, 2.24) is 15.1 Å². The molecule has 18 heavy (non-hydrogen) atoms. The number of amides is 1. The van der Waals surface area contributed by atoms with Crippen molar-refractivity contribution in [3.05, 3.63) is 48.3 Å². The number of aliphatic hydroxyl groups excluding tert-OH is 1. The molecule has 1 heterocycles. The average Bonchev–Trinajstić information content (AvgIpc) is 2.89. The molecule has 2 N–H and O–H groups in total. The van der Waals surface area contributed by atoms with Gasteiger partial charge in [-0.25, -0.2) is 4.68 Å². The Morgan fingerprint density at radius 3 is 2.78 bits per heavy atom. The Kier molecular flexibility index (Phi) is 3.74. The molecule has 0 saturated carbocycles. The van der Waals surface area contributed by atoms with Gasteiger partial charge in [0.25, 0.3) is 5.91 Å². The average molecular weight is 245 g/mol. The van der Waals surface area contributed by atoms with Gasteiger partial charge in [-0.15, -0.1) is 0 Å².